The third kappa shape index (κ3) is 4.73. The number of nitrogens with one attached hydrogen (secondary N) is 3. The van der Waals surface area contributed by atoms with Crippen LogP contribution < -0.4 is 26.4 Å². The van der Waals surface area contributed by atoms with Crippen LogP contribution in [0.3, 0.4) is 0 Å². The number of anilines is 3. The number of nitrogens with two attached hydrogens (primary N) is 1. The standard InChI is InChI=1S/C22H23N7O2/c1-31-19-8-3-2-7-18(19)26-21-27-20-10-9-16(14-29(20)28-21)15-5-4-6-17(13-15)25-22(30)24-12-11-23/h2-10,13-14H,11-12,23H2,1H3,(H,26,28)(H2,24,25,30). The van der Waals surface area contributed by atoms with Gasteiger partial charge in [-0.05, 0) is 42.0 Å². The van der Waals surface area contributed by atoms with E-state index in [-0.39, 0.29) is 6.03 Å². The number of benzene rings is 2. The topological polar surface area (TPSA) is 119 Å². The van der Waals surface area contributed by atoms with E-state index in [0.717, 1.165) is 16.8 Å². The number of para-hydroxylation sites is 2. The molecule has 0 saturated heterocycles. The highest BCUT2D eigenvalue weighted by molar-refractivity contribution is 5.90. The van der Waals surface area contributed by atoms with Gasteiger partial charge in [0.15, 0.2) is 5.65 Å². The molecule has 0 aliphatic heterocycles. The molecule has 2 heterocycles. The van der Waals surface area contributed by atoms with Crippen LogP contribution in [0.1, 0.15) is 0 Å². The molecule has 0 spiro atoms. The van der Waals surface area contributed by atoms with Crippen LogP contribution in [-0.4, -0.2) is 40.8 Å². The molecular weight excluding hydrogens is 394 g/mol. The van der Waals surface area contributed by atoms with E-state index in [1.54, 1.807) is 11.6 Å². The van der Waals surface area contributed by atoms with E-state index in [0.29, 0.717) is 36.1 Å². The second-order valence-electron chi connectivity index (χ2n) is 6.73. The molecule has 9 heteroatoms. The van der Waals surface area contributed by atoms with E-state index >= 15 is 0 Å². The Morgan fingerprint density at radius 3 is 2.81 bits per heavy atom. The van der Waals surface area contributed by atoms with E-state index < -0.39 is 0 Å². The van der Waals surface area contributed by atoms with Gasteiger partial charge in [0.2, 0.25) is 5.95 Å². The summed E-state index contributed by atoms with van der Waals surface area (Å²) in [6.07, 6.45) is 1.89. The van der Waals surface area contributed by atoms with Crippen molar-refractivity contribution in [3.8, 4) is 16.9 Å². The lowest BCUT2D eigenvalue weighted by atomic mass is 10.1. The van der Waals surface area contributed by atoms with Crippen molar-refractivity contribution < 1.29 is 9.53 Å². The zero-order valence-corrected chi connectivity index (χ0v) is 17.0. The average Bonchev–Trinajstić information content (AvgIpc) is 3.19. The van der Waals surface area contributed by atoms with E-state index in [2.05, 4.69) is 26.0 Å². The minimum absolute atomic E-state index is 0.290. The monoisotopic (exact) mass is 417 g/mol. The Bertz CT molecular complexity index is 1210. The molecule has 0 aliphatic rings. The van der Waals surface area contributed by atoms with E-state index in [1.807, 2.05) is 66.9 Å². The number of fused-ring (bicyclic) bond motifs is 1. The van der Waals surface area contributed by atoms with Crippen molar-refractivity contribution in [2.45, 2.75) is 0 Å². The first-order valence-electron chi connectivity index (χ1n) is 9.78. The molecule has 0 unspecified atom stereocenters. The fourth-order valence-electron chi connectivity index (χ4n) is 3.11. The van der Waals surface area contributed by atoms with Crippen LogP contribution in [0, 0.1) is 0 Å². The molecular formula is C22H23N7O2. The summed E-state index contributed by atoms with van der Waals surface area (Å²) in [5.41, 5.74) is 9.46. The summed E-state index contributed by atoms with van der Waals surface area (Å²) in [5.74, 6) is 1.18. The summed E-state index contributed by atoms with van der Waals surface area (Å²) in [5, 5.41) is 13.2. The third-order valence-corrected chi connectivity index (χ3v) is 4.57. The van der Waals surface area contributed by atoms with Crippen molar-refractivity contribution in [1.82, 2.24) is 19.9 Å². The molecule has 4 aromatic rings. The van der Waals surface area contributed by atoms with Gasteiger partial charge in [-0.2, -0.15) is 4.98 Å². The Morgan fingerprint density at radius 2 is 1.97 bits per heavy atom. The highest BCUT2D eigenvalue weighted by atomic mass is 16.5. The van der Waals surface area contributed by atoms with Gasteiger partial charge in [-0.15, -0.1) is 5.10 Å². The summed E-state index contributed by atoms with van der Waals surface area (Å²) in [4.78, 5) is 16.4. The molecule has 2 amide bonds. The maximum absolute atomic E-state index is 11.9. The zero-order chi connectivity index (χ0) is 21.6. The number of methoxy groups -OCH3 is 1. The number of hydrogen-bond acceptors (Lipinski definition) is 6. The predicted octanol–water partition coefficient (Wildman–Crippen LogP) is 3.23. The van der Waals surface area contributed by atoms with Crippen molar-refractivity contribution in [3.63, 3.8) is 0 Å². The van der Waals surface area contributed by atoms with Crippen LogP contribution in [0.2, 0.25) is 0 Å². The second-order valence-corrected chi connectivity index (χ2v) is 6.73. The Morgan fingerprint density at radius 1 is 1.10 bits per heavy atom. The molecule has 0 fully saturated rings. The lowest BCUT2D eigenvalue weighted by molar-refractivity contribution is 0.252. The fourth-order valence-corrected chi connectivity index (χ4v) is 3.11. The molecule has 0 bridgehead atoms. The largest absolute Gasteiger partial charge is 0.495 e. The number of pyridine rings is 1. The first kappa shape index (κ1) is 20.2. The minimum atomic E-state index is -0.290. The lowest BCUT2D eigenvalue weighted by Gasteiger charge is -2.08. The van der Waals surface area contributed by atoms with Gasteiger partial charge in [0.25, 0.3) is 0 Å². The summed E-state index contributed by atoms with van der Waals surface area (Å²) >= 11 is 0. The van der Waals surface area contributed by atoms with Gasteiger partial charge in [0.1, 0.15) is 5.75 Å². The Hall–Kier alpha value is -4.11. The molecule has 2 aromatic carbocycles. The smallest absolute Gasteiger partial charge is 0.319 e. The molecule has 0 aliphatic carbocycles. The van der Waals surface area contributed by atoms with E-state index in [9.17, 15) is 4.79 Å². The molecule has 9 nitrogen and oxygen atoms in total. The summed E-state index contributed by atoms with van der Waals surface area (Å²) < 4.78 is 7.07. The number of hydrogen-bond donors (Lipinski definition) is 4. The van der Waals surface area contributed by atoms with Crippen molar-refractivity contribution in [2.75, 3.05) is 30.8 Å². The molecule has 158 valence electrons. The highest BCUT2D eigenvalue weighted by Gasteiger charge is 2.09. The van der Waals surface area contributed by atoms with Crippen LogP contribution in [0.25, 0.3) is 16.8 Å². The van der Waals surface area contributed by atoms with Gasteiger partial charge < -0.3 is 26.4 Å². The number of nitrogens with zero attached hydrogens (tertiary/aromatic N) is 3. The molecule has 5 N–H and O–H groups in total. The zero-order valence-electron chi connectivity index (χ0n) is 17.0. The Balaban J connectivity index is 1.56. The van der Waals surface area contributed by atoms with Gasteiger partial charge in [-0.1, -0.05) is 24.3 Å². The molecule has 0 saturated carbocycles. The molecule has 4 rings (SSSR count). The SMILES string of the molecule is COc1ccccc1Nc1nc2ccc(-c3cccc(NC(=O)NCCN)c3)cn2n1. The number of ether oxygens (including phenoxy) is 1. The van der Waals surface area contributed by atoms with Gasteiger partial charge in [-0.25, -0.2) is 9.31 Å². The van der Waals surface area contributed by atoms with Crippen LogP contribution >= 0.6 is 0 Å². The highest BCUT2D eigenvalue weighted by Crippen LogP contribution is 2.27. The summed E-state index contributed by atoms with van der Waals surface area (Å²) in [7, 11) is 1.62. The number of aromatic nitrogens is 3. The maximum atomic E-state index is 11.9. The molecule has 31 heavy (non-hydrogen) atoms. The lowest BCUT2D eigenvalue weighted by Crippen LogP contribution is -2.32. The molecule has 2 aromatic heterocycles. The quantitative estimate of drug-likeness (QED) is 0.367. The number of urea groups is 1. The third-order valence-electron chi connectivity index (χ3n) is 4.57. The normalized spacial score (nSPS) is 10.6. The van der Waals surface area contributed by atoms with E-state index in [1.165, 1.54) is 0 Å². The summed E-state index contributed by atoms with van der Waals surface area (Å²) in [6.45, 7) is 0.805. The van der Waals surface area contributed by atoms with E-state index in [4.69, 9.17) is 10.5 Å². The summed E-state index contributed by atoms with van der Waals surface area (Å²) in [6, 6.07) is 18.7. The fraction of sp³-hybridized carbons (Fsp3) is 0.136. The van der Waals surface area contributed by atoms with Crippen LogP contribution in [0.15, 0.2) is 66.9 Å². The minimum Gasteiger partial charge on any atom is -0.495 e. The van der Waals surface area contributed by atoms with Gasteiger partial charge in [-0.3, -0.25) is 0 Å². The first-order chi connectivity index (χ1) is 15.2. The van der Waals surface area contributed by atoms with Crippen molar-refractivity contribution in [1.29, 1.82) is 0 Å². The second kappa shape index (κ2) is 9.14. The Kier molecular flexibility index (Phi) is 5.95. The number of carbonyl (C=O) groups is 1. The number of carbonyl (C=O) groups excluding carboxylic acids is 1. The predicted molar refractivity (Wildman–Crippen MR) is 121 cm³/mol. The van der Waals surface area contributed by atoms with Crippen LogP contribution in [0.5, 0.6) is 5.75 Å². The van der Waals surface area contributed by atoms with Crippen molar-refractivity contribution >= 4 is 29.0 Å². The van der Waals surface area contributed by atoms with Crippen molar-refractivity contribution in [2.24, 2.45) is 5.73 Å². The maximum Gasteiger partial charge on any atom is 0.319 e. The van der Waals surface area contributed by atoms with Crippen LogP contribution in [0.4, 0.5) is 22.1 Å². The van der Waals surface area contributed by atoms with Gasteiger partial charge in [0, 0.05) is 30.5 Å². The van der Waals surface area contributed by atoms with Crippen molar-refractivity contribution in [3.05, 3.63) is 66.9 Å². The average molecular weight is 417 g/mol. The molecule has 0 radical (unpaired) electrons. The number of amides is 2. The van der Waals surface area contributed by atoms with Gasteiger partial charge in [0.05, 0.1) is 12.8 Å². The van der Waals surface area contributed by atoms with Gasteiger partial charge >= 0.3 is 6.03 Å². The van der Waals surface area contributed by atoms with Crippen LogP contribution in [-0.2, 0) is 0 Å². The first-order valence-corrected chi connectivity index (χ1v) is 9.78. The number of rotatable bonds is 7. The molecule has 0 atom stereocenters. The Labute approximate surface area is 179 Å².